The molecule has 2 nitrogen and oxygen atoms in total. The molecule has 1 aromatic carbocycles. The summed E-state index contributed by atoms with van der Waals surface area (Å²) in [6.45, 7) is 2.34. The molecule has 102 valence electrons. The van der Waals surface area contributed by atoms with Gasteiger partial charge in [0.2, 0.25) is 0 Å². The first-order chi connectivity index (χ1) is 8.38. The Morgan fingerprint density at radius 3 is 2.44 bits per heavy atom. The number of nitrogens with one attached hydrogen (secondary N) is 1. The minimum Gasteiger partial charge on any atom is -0.380 e. The molecule has 0 radical (unpaired) electrons. The lowest BCUT2D eigenvalue weighted by molar-refractivity contribution is -0.137. The molecule has 0 aromatic heterocycles. The summed E-state index contributed by atoms with van der Waals surface area (Å²) < 4.78 is 50.6. The van der Waals surface area contributed by atoms with Crippen molar-refractivity contribution >= 4 is 5.69 Å². The van der Waals surface area contributed by atoms with E-state index < -0.39 is 17.6 Å². The van der Waals surface area contributed by atoms with Crippen LogP contribution < -0.4 is 11.1 Å². The van der Waals surface area contributed by atoms with Crippen LogP contribution in [0.4, 0.5) is 23.2 Å². The minimum atomic E-state index is -4.53. The van der Waals surface area contributed by atoms with E-state index in [2.05, 4.69) is 5.32 Å². The molecule has 1 atom stereocenters. The third-order valence-corrected chi connectivity index (χ3v) is 2.66. The molecule has 3 N–H and O–H groups in total. The van der Waals surface area contributed by atoms with Gasteiger partial charge in [0.1, 0.15) is 5.82 Å². The molecule has 0 bridgehead atoms. The molecule has 6 heteroatoms. The van der Waals surface area contributed by atoms with Crippen LogP contribution in [0.15, 0.2) is 18.2 Å². The highest BCUT2D eigenvalue weighted by molar-refractivity contribution is 5.47. The lowest BCUT2D eigenvalue weighted by Gasteiger charge is -2.18. The van der Waals surface area contributed by atoms with Gasteiger partial charge in [-0.25, -0.2) is 4.39 Å². The zero-order valence-electron chi connectivity index (χ0n) is 10.0. The van der Waals surface area contributed by atoms with Crippen LogP contribution in [0.1, 0.15) is 25.3 Å². The van der Waals surface area contributed by atoms with Gasteiger partial charge < -0.3 is 11.1 Å². The Morgan fingerprint density at radius 2 is 2.00 bits per heavy atom. The topological polar surface area (TPSA) is 38.0 Å². The van der Waals surface area contributed by atoms with E-state index in [0.29, 0.717) is 19.0 Å². The van der Waals surface area contributed by atoms with Gasteiger partial charge >= 0.3 is 6.18 Å². The zero-order valence-corrected chi connectivity index (χ0v) is 10.0. The van der Waals surface area contributed by atoms with E-state index in [1.807, 2.05) is 6.92 Å². The fraction of sp³-hybridized carbons (Fsp3) is 0.500. The van der Waals surface area contributed by atoms with Gasteiger partial charge in [0.05, 0.1) is 11.3 Å². The molecular formula is C12H16F4N2. The van der Waals surface area contributed by atoms with E-state index in [0.717, 1.165) is 18.6 Å². The molecule has 0 heterocycles. The van der Waals surface area contributed by atoms with Crippen LogP contribution in [0.5, 0.6) is 0 Å². The lowest BCUT2D eigenvalue weighted by atomic mass is 10.1. The van der Waals surface area contributed by atoms with Gasteiger partial charge in [-0.05, 0) is 37.6 Å². The number of hydrogen-bond donors (Lipinski definition) is 2. The number of alkyl halides is 3. The van der Waals surface area contributed by atoms with Crippen LogP contribution in [0.25, 0.3) is 0 Å². The molecule has 1 aromatic rings. The smallest absolute Gasteiger partial charge is 0.380 e. The molecule has 0 aliphatic carbocycles. The second-order valence-corrected chi connectivity index (χ2v) is 4.02. The quantitative estimate of drug-likeness (QED) is 0.800. The van der Waals surface area contributed by atoms with Gasteiger partial charge in [-0.1, -0.05) is 6.92 Å². The molecule has 1 rings (SSSR count). The van der Waals surface area contributed by atoms with Crippen LogP contribution in [0.2, 0.25) is 0 Å². The molecular weight excluding hydrogens is 248 g/mol. The molecule has 0 aliphatic heterocycles. The van der Waals surface area contributed by atoms with Crippen molar-refractivity contribution in [2.75, 3.05) is 11.9 Å². The van der Waals surface area contributed by atoms with Crippen LogP contribution >= 0.6 is 0 Å². The van der Waals surface area contributed by atoms with Crippen molar-refractivity contribution < 1.29 is 17.6 Å². The molecule has 0 amide bonds. The largest absolute Gasteiger partial charge is 0.416 e. The fourth-order valence-corrected chi connectivity index (χ4v) is 1.61. The van der Waals surface area contributed by atoms with Crippen LogP contribution in [-0.2, 0) is 6.18 Å². The normalized spacial score (nSPS) is 13.4. The highest BCUT2D eigenvalue weighted by Crippen LogP contribution is 2.31. The van der Waals surface area contributed by atoms with Gasteiger partial charge in [0.25, 0.3) is 0 Å². The van der Waals surface area contributed by atoms with Gasteiger partial charge in [-0.15, -0.1) is 0 Å². The number of rotatable bonds is 5. The lowest BCUT2D eigenvalue weighted by Crippen LogP contribution is -2.23. The minimum absolute atomic E-state index is 0.0405. The Labute approximate surface area is 103 Å². The van der Waals surface area contributed by atoms with Gasteiger partial charge in [0, 0.05) is 6.04 Å². The Hall–Kier alpha value is -1.30. The zero-order chi connectivity index (χ0) is 13.8. The van der Waals surface area contributed by atoms with E-state index in [9.17, 15) is 17.6 Å². The summed E-state index contributed by atoms with van der Waals surface area (Å²) in [6.07, 6.45) is -3.17. The average molecular weight is 264 g/mol. The number of anilines is 1. The molecule has 0 saturated heterocycles. The van der Waals surface area contributed by atoms with Crippen molar-refractivity contribution in [1.29, 1.82) is 0 Å². The molecule has 18 heavy (non-hydrogen) atoms. The van der Waals surface area contributed by atoms with Crippen molar-refractivity contribution in [3.05, 3.63) is 29.6 Å². The summed E-state index contributed by atoms with van der Waals surface area (Å²) in [5.74, 6) is -0.903. The van der Waals surface area contributed by atoms with Gasteiger partial charge in [-0.3, -0.25) is 0 Å². The van der Waals surface area contributed by atoms with Crippen molar-refractivity contribution in [3.8, 4) is 0 Å². The van der Waals surface area contributed by atoms with Crippen molar-refractivity contribution in [1.82, 2.24) is 0 Å². The molecule has 0 spiro atoms. The first-order valence-corrected chi connectivity index (χ1v) is 5.71. The Balaban J connectivity index is 2.85. The number of hydrogen-bond acceptors (Lipinski definition) is 2. The summed E-state index contributed by atoms with van der Waals surface area (Å²) in [5, 5.41) is 2.85. The summed E-state index contributed by atoms with van der Waals surface area (Å²) >= 11 is 0. The molecule has 1 unspecified atom stereocenters. The Morgan fingerprint density at radius 1 is 1.33 bits per heavy atom. The third-order valence-electron chi connectivity index (χ3n) is 2.66. The van der Waals surface area contributed by atoms with Crippen LogP contribution in [0, 0.1) is 5.82 Å². The predicted octanol–water partition coefficient (Wildman–Crippen LogP) is 3.38. The second kappa shape index (κ2) is 6.04. The summed E-state index contributed by atoms with van der Waals surface area (Å²) in [7, 11) is 0. The molecule has 0 aliphatic rings. The summed E-state index contributed by atoms with van der Waals surface area (Å²) in [4.78, 5) is 0. The van der Waals surface area contributed by atoms with E-state index >= 15 is 0 Å². The SMILES string of the molecule is CCC(CCN)Nc1ccc(C(F)(F)F)cc1F. The van der Waals surface area contributed by atoms with E-state index in [-0.39, 0.29) is 11.7 Å². The molecule has 0 saturated carbocycles. The van der Waals surface area contributed by atoms with E-state index in [1.54, 1.807) is 0 Å². The number of nitrogens with two attached hydrogens (primary N) is 1. The maximum absolute atomic E-state index is 13.5. The summed E-state index contributed by atoms with van der Waals surface area (Å²) in [6, 6.07) is 2.43. The van der Waals surface area contributed by atoms with Gasteiger partial charge in [0.15, 0.2) is 0 Å². The maximum atomic E-state index is 13.5. The monoisotopic (exact) mass is 264 g/mol. The highest BCUT2D eigenvalue weighted by atomic mass is 19.4. The van der Waals surface area contributed by atoms with Crippen molar-refractivity contribution in [2.24, 2.45) is 5.73 Å². The fourth-order valence-electron chi connectivity index (χ4n) is 1.61. The first-order valence-electron chi connectivity index (χ1n) is 5.71. The first kappa shape index (κ1) is 14.8. The van der Waals surface area contributed by atoms with Crippen molar-refractivity contribution in [2.45, 2.75) is 32.0 Å². The summed E-state index contributed by atoms with van der Waals surface area (Å²) in [5.41, 5.74) is 4.48. The van der Waals surface area contributed by atoms with Crippen LogP contribution in [-0.4, -0.2) is 12.6 Å². The van der Waals surface area contributed by atoms with E-state index in [4.69, 9.17) is 5.73 Å². The molecule has 0 fully saturated rings. The van der Waals surface area contributed by atoms with E-state index in [1.165, 1.54) is 0 Å². The van der Waals surface area contributed by atoms with Gasteiger partial charge in [-0.2, -0.15) is 13.2 Å². The maximum Gasteiger partial charge on any atom is 0.416 e. The highest BCUT2D eigenvalue weighted by Gasteiger charge is 2.31. The number of benzene rings is 1. The predicted molar refractivity (Wildman–Crippen MR) is 62.8 cm³/mol. The average Bonchev–Trinajstić information content (AvgIpc) is 2.29. The Bertz CT molecular complexity index is 390. The standard InChI is InChI=1S/C12H16F4N2/c1-2-9(5-6-17)18-11-4-3-8(7-10(11)13)12(14,15)16/h3-4,7,9,18H,2,5-6,17H2,1H3. The Kier molecular flexibility index (Phi) is 4.95. The van der Waals surface area contributed by atoms with Crippen LogP contribution in [0.3, 0.4) is 0 Å². The van der Waals surface area contributed by atoms with Crippen molar-refractivity contribution in [3.63, 3.8) is 0 Å². The number of halogens is 4. The second-order valence-electron chi connectivity index (χ2n) is 4.02. The third kappa shape index (κ3) is 3.87.